The molecular weight excluding hydrogens is 286 g/mol. The fourth-order valence-corrected chi connectivity index (χ4v) is 4.03. The fourth-order valence-electron chi connectivity index (χ4n) is 2.86. The summed E-state index contributed by atoms with van der Waals surface area (Å²) < 4.78 is 27.5. The van der Waals surface area contributed by atoms with E-state index in [-0.39, 0.29) is 10.4 Å². The molecule has 0 heterocycles. The molecule has 1 aromatic carbocycles. The smallest absolute Gasteiger partial charge is 0.240 e. The lowest BCUT2D eigenvalue weighted by molar-refractivity contribution is 0.162. The highest BCUT2D eigenvalue weighted by Crippen LogP contribution is 2.33. The van der Waals surface area contributed by atoms with E-state index in [2.05, 4.69) is 9.62 Å². The second kappa shape index (κ2) is 6.14. The first kappa shape index (κ1) is 16.0. The van der Waals surface area contributed by atoms with Gasteiger partial charge in [0.15, 0.2) is 0 Å². The summed E-state index contributed by atoms with van der Waals surface area (Å²) in [5, 5.41) is 8.87. The summed E-state index contributed by atoms with van der Waals surface area (Å²) in [6, 6.07) is 8.06. The Morgan fingerprint density at radius 3 is 2.57 bits per heavy atom. The van der Waals surface area contributed by atoms with Crippen LogP contribution in [0.5, 0.6) is 0 Å². The molecule has 5 nitrogen and oxygen atoms in total. The van der Waals surface area contributed by atoms with Gasteiger partial charge in [0.1, 0.15) is 0 Å². The third-order valence-corrected chi connectivity index (χ3v) is 5.75. The van der Waals surface area contributed by atoms with Crippen LogP contribution < -0.4 is 4.72 Å². The Kier molecular flexibility index (Phi) is 4.67. The Balaban J connectivity index is 2.16. The molecule has 0 aliphatic heterocycles. The number of hydrogen-bond donors (Lipinski definition) is 1. The van der Waals surface area contributed by atoms with Crippen molar-refractivity contribution in [2.45, 2.75) is 36.1 Å². The zero-order valence-electron chi connectivity index (χ0n) is 12.5. The third kappa shape index (κ3) is 3.43. The van der Waals surface area contributed by atoms with Crippen molar-refractivity contribution in [1.82, 2.24) is 9.62 Å². The second-order valence-corrected chi connectivity index (χ2v) is 7.56. The van der Waals surface area contributed by atoms with Crippen LogP contribution in [0.1, 0.15) is 31.2 Å². The zero-order valence-corrected chi connectivity index (χ0v) is 13.3. The summed E-state index contributed by atoms with van der Waals surface area (Å²) in [4.78, 5) is 2.27. The predicted octanol–water partition coefficient (Wildman–Crippen LogP) is 1.71. The van der Waals surface area contributed by atoms with Gasteiger partial charge in [0.05, 0.1) is 16.5 Å². The van der Waals surface area contributed by atoms with E-state index in [1.165, 1.54) is 12.1 Å². The van der Waals surface area contributed by atoms with Gasteiger partial charge in [-0.25, -0.2) is 13.1 Å². The van der Waals surface area contributed by atoms with E-state index in [4.69, 9.17) is 5.26 Å². The van der Waals surface area contributed by atoms with Crippen molar-refractivity contribution in [3.05, 3.63) is 29.8 Å². The molecule has 1 aliphatic rings. The van der Waals surface area contributed by atoms with Crippen molar-refractivity contribution < 1.29 is 8.42 Å². The molecule has 1 aromatic rings. The number of rotatable bonds is 5. The molecule has 0 atom stereocenters. The third-order valence-electron chi connectivity index (χ3n) is 4.35. The van der Waals surface area contributed by atoms with Gasteiger partial charge in [0.25, 0.3) is 0 Å². The van der Waals surface area contributed by atoms with Crippen LogP contribution in [0.4, 0.5) is 0 Å². The minimum atomic E-state index is -3.58. The summed E-state index contributed by atoms with van der Waals surface area (Å²) in [7, 11) is 0.412. The van der Waals surface area contributed by atoms with Crippen molar-refractivity contribution in [2.24, 2.45) is 0 Å². The normalized spacial score (nSPS) is 17.8. The topological polar surface area (TPSA) is 73.2 Å². The van der Waals surface area contributed by atoms with Crippen LogP contribution in [0, 0.1) is 11.3 Å². The molecule has 0 bridgehead atoms. The van der Waals surface area contributed by atoms with Crippen molar-refractivity contribution >= 4 is 10.0 Å². The summed E-state index contributed by atoms with van der Waals surface area (Å²) >= 11 is 0. The maximum absolute atomic E-state index is 12.4. The van der Waals surface area contributed by atoms with E-state index in [0.717, 1.165) is 25.7 Å². The zero-order chi connectivity index (χ0) is 15.5. The Bertz CT molecular complexity index is 641. The maximum atomic E-state index is 12.4. The van der Waals surface area contributed by atoms with Gasteiger partial charge in [-0.1, -0.05) is 18.9 Å². The molecule has 114 valence electrons. The van der Waals surface area contributed by atoms with Gasteiger partial charge in [-0.05, 0) is 45.1 Å². The van der Waals surface area contributed by atoms with Crippen LogP contribution in [0.15, 0.2) is 29.2 Å². The number of nitriles is 1. The van der Waals surface area contributed by atoms with E-state index in [1.807, 2.05) is 20.2 Å². The van der Waals surface area contributed by atoms with Crippen molar-refractivity contribution in [2.75, 3.05) is 20.6 Å². The fraction of sp³-hybridized carbons (Fsp3) is 0.533. The Hall–Kier alpha value is -1.42. The predicted molar refractivity (Wildman–Crippen MR) is 81.2 cm³/mol. The molecule has 0 spiro atoms. The molecule has 0 unspecified atom stereocenters. The van der Waals surface area contributed by atoms with Crippen LogP contribution >= 0.6 is 0 Å². The van der Waals surface area contributed by atoms with Gasteiger partial charge in [-0.3, -0.25) is 0 Å². The number of nitrogens with one attached hydrogen (secondary N) is 1. The molecule has 1 fully saturated rings. The average Bonchev–Trinajstić information content (AvgIpc) is 2.96. The van der Waals surface area contributed by atoms with Gasteiger partial charge in [0, 0.05) is 12.1 Å². The number of sulfonamides is 1. The van der Waals surface area contributed by atoms with Gasteiger partial charge in [-0.15, -0.1) is 0 Å². The largest absolute Gasteiger partial charge is 0.302 e. The van der Waals surface area contributed by atoms with Crippen LogP contribution in [0.2, 0.25) is 0 Å². The summed E-state index contributed by atoms with van der Waals surface area (Å²) in [5.74, 6) is 0. The van der Waals surface area contributed by atoms with E-state index in [9.17, 15) is 8.42 Å². The first-order chi connectivity index (χ1) is 9.89. The van der Waals surface area contributed by atoms with E-state index in [1.54, 1.807) is 12.1 Å². The van der Waals surface area contributed by atoms with Crippen molar-refractivity contribution in [1.29, 1.82) is 5.26 Å². The highest BCUT2D eigenvalue weighted by molar-refractivity contribution is 7.89. The molecule has 2 rings (SSSR count). The molecule has 21 heavy (non-hydrogen) atoms. The number of benzene rings is 1. The standard InChI is InChI=1S/C15H21N3O2S/c1-18(2)15(8-3-4-9-15)12-17-21(19,20)14-7-5-6-13(10-14)11-16/h5-7,10,17H,3-4,8-9,12H2,1-2H3. The molecule has 1 N–H and O–H groups in total. The average molecular weight is 307 g/mol. The molecule has 1 aliphatic carbocycles. The van der Waals surface area contributed by atoms with Crippen LogP contribution in [-0.4, -0.2) is 39.5 Å². The van der Waals surface area contributed by atoms with Gasteiger partial charge in [-0.2, -0.15) is 5.26 Å². The van der Waals surface area contributed by atoms with Crippen LogP contribution in [0.3, 0.4) is 0 Å². The second-order valence-electron chi connectivity index (χ2n) is 5.79. The minimum absolute atomic E-state index is 0.0973. The molecule has 1 saturated carbocycles. The summed E-state index contributed by atoms with van der Waals surface area (Å²) in [5.41, 5.74) is 0.251. The first-order valence-electron chi connectivity index (χ1n) is 7.07. The van der Waals surface area contributed by atoms with Gasteiger partial charge >= 0.3 is 0 Å². The number of nitrogens with zero attached hydrogens (tertiary/aromatic N) is 2. The maximum Gasteiger partial charge on any atom is 0.240 e. The van der Waals surface area contributed by atoms with Crippen molar-refractivity contribution in [3.63, 3.8) is 0 Å². The highest BCUT2D eigenvalue weighted by atomic mass is 32.2. The lowest BCUT2D eigenvalue weighted by Crippen LogP contribution is -2.50. The van der Waals surface area contributed by atoms with Gasteiger partial charge in [0.2, 0.25) is 10.0 Å². The van der Waals surface area contributed by atoms with Crippen LogP contribution in [-0.2, 0) is 10.0 Å². The molecule has 0 aromatic heterocycles. The van der Waals surface area contributed by atoms with E-state index >= 15 is 0 Å². The van der Waals surface area contributed by atoms with E-state index < -0.39 is 10.0 Å². The minimum Gasteiger partial charge on any atom is -0.302 e. The SMILES string of the molecule is CN(C)C1(CNS(=O)(=O)c2cccc(C#N)c2)CCCC1. The molecular formula is C15H21N3O2S. The summed E-state index contributed by atoms with van der Waals surface area (Å²) in [6.45, 7) is 0.402. The lowest BCUT2D eigenvalue weighted by Gasteiger charge is -2.36. The monoisotopic (exact) mass is 307 g/mol. The quantitative estimate of drug-likeness (QED) is 0.899. The molecule has 0 radical (unpaired) electrons. The van der Waals surface area contributed by atoms with Gasteiger partial charge < -0.3 is 4.90 Å². The van der Waals surface area contributed by atoms with E-state index in [0.29, 0.717) is 12.1 Å². The molecule has 6 heteroatoms. The summed E-state index contributed by atoms with van der Waals surface area (Å²) in [6.07, 6.45) is 4.26. The Labute approximate surface area is 126 Å². The molecule has 0 amide bonds. The number of likely N-dealkylation sites (N-methyl/N-ethyl adjacent to an activating group) is 1. The van der Waals surface area contributed by atoms with Crippen molar-refractivity contribution in [3.8, 4) is 6.07 Å². The van der Waals surface area contributed by atoms with Crippen LogP contribution in [0.25, 0.3) is 0 Å². The number of hydrogen-bond acceptors (Lipinski definition) is 4. The highest BCUT2D eigenvalue weighted by Gasteiger charge is 2.36. The first-order valence-corrected chi connectivity index (χ1v) is 8.55. The molecule has 0 saturated heterocycles. The lowest BCUT2D eigenvalue weighted by atomic mass is 9.97. The Morgan fingerprint density at radius 2 is 2.00 bits per heavy atom. The Morgan fingerprint density at radius 1 is 1.33 bits per heavy atom.